The Bertz CT molecular complexity index is 1240. The molecule has 0 N–H and O–H groups in total. The van der Waals surface area contributed by atoms with E-state index < -0.39 is 89.8 Å². The summed E-state index contributed by atoms with van der Waals surface area (Å²) in [5.74, 6) is -5.60. The van der Waals surface area contributed by atoms with Gasteiger partial charge in [-0.3, -0.25) is 9.59 Å². The van der Waals surface area contributed by atoms with Gasteiger partial charge in [-0.05, 0) is 68.7 Å². The van der Waals surface area contributed by atoms with E-state index in [1.54, 1.807) is 41.5 Å². The van der Waals surface area contributed by atoms with Crippen molar-refractivity contribution in [1.29, 1.82) is 0 Å². The summed E-state index contributed by atoms with van der Waals surface area (Å²) in [6, 6.07) is 0. The maximum Gasteiger partial charge on any atom is 0.427 e. The van der Waals surface area contributed by atoms with Crippen molar-refractivity contribution in [3.63, 3.8) is 0 Å². The number of hydrogen-bond donors (Lipinski definition) is 0. The summed E-state index contributed by atoms with van der Waals surface area (Å²) >= 11 is 0. The summed E-state index contributed by atoms with van der Waals surface area (Å²) < 4.78 is 62.5. The molecule has 0 aliphatic carbocycles. The van der Waals surface area contributed by atoms with Gasteiger partial charge in [-0.15, -0.1) is 10.00 Å². The average molecular weight is 634 g/mol. The molecular formula is C27H38F3N5O9. The molecule has 1 aromatic rings. The normalized spacial score (nSPS) is 19.6. The Balaban J connectivity index is 2.58. The molecule has 1 fully saturated rings. The monoisotopic (exact) mass is 633 g/mol. The van der Waals surface area contributed by atoms with Crippen LogP contribution in [0, 0.1) is 11.3 Å². The lowest BCUT2D eigenvalue weighted by Crippen LogP contribution is -2.61. The van der Waals surface area contributed by atoms with E-state index in [0.717, 1.165) is 13.3 Å². The highest BCUT2D eigenvalue weighted by molar-refractivity contribution is 6.09. The zero-order chi connectivity index (χ0) is 34.1. The molecular weight excluding hydrogens is 595 g/mol. The first-order chi connectivity index (χ1) is 19.8. The van der Waals surface area contributed by atoms with Crippen LogP contribution in [-0.4, -0.2) is 86.9 Å². The van der Waals surface area contributed by atoms with E-state index in [2.05, 4.69) is 15.2 Å². The largest absolute Gasteiger partial charge is 0.468 e. The number of anilines is 1. The standard InChI is InChI=1S/C27H38F3N5O9/c1-23(2,3)42-20(38)34-14-15(27(28,29)30)11-26(17(34)36,18(37)41-10)12-16-13-31-19(33-32-16)35(21(39)43-24(4,5)6)22(40)44-25(7,8)9/h13,15H,11-12,14H2,1-10H3/t15-,26-/m1/s1. The number of likely N-dealkylation sites (tertiary alicyclic amines) is 1. The van der Waals surface area contributed by atoms with Crippen LogP contribution in [0.2, 0.25) is 0 Å². The minimum Gasteiger partial charge on any atom is -0.468 e. The van der Waals surface area contributed by atoms with E-state index in [0.29, 0.717) is 4.90 Å². The summed E-state index contributed by atoms with van der Waals surface area (Å²) in [6.07, 6.45) is -9.73. The number of rotatable bonds is 4. The van der Waals surface area contributed by atoms with Crippen LogP contribution in [0.5, 0.6) is 0 Å². The third-order valence-electron chi connectivity index (χ3n) is 5.74. The first kappa shape index (κ1) is 36.1. The summed E-state index contributed by atoms with van der Waals surface area (Å²) in [4.78, 5) is 69.8. The van der Waals surface area contributed by atoms with Gasteiger partial charge in [0.1, 0.15) is 16.8 Å². The van der Waals surface area contributed by atoms with Crippen LogP contribution in [0.1, 0.15) is 74.4 Å². The molecule has 44 heavy (non-hydrogen) atoms. The smallest absolute Gasteiger partial charge is 0.427 e. The van der Waals surface area contributed by atoms with Crippen LogP contribution in [0.25, 0.3) is 0 Å². The molecule has 246 valence electrons. The van der Waals surface area contributed by atoms with Crippen LogP contribution in [0.3, 0.4) is 0 Å². The van der Waals surface area contributed by atoms with Gasteiger partial charge in [0.15, 0.2) is 5.41 Å². The Kier molecular flexibility index (Phi) is 10.3. The lowest BCUT2D eigenvalue weighted by molar-refractivity contribution is -0.204. The van der Waals surface area contributed by atoms with Gasteiger partial charge in [-0.1, -0.05) is 0 Å². The summed E-state index contributed by atoms with van der Waals surface area (Å²) in [5.41, 5.74) is -6.15. The Morgan fingerprint density at radius 1 is 0.909 bits per heavy atom. The molecule has 1 aliphatic rings. The second-order valence-corrected chi connectivity index (χ2v) is 13.1. The number of aromatic nitrogens is 3. The van der Waals surface area contributed by atoms with E-state index in [4.69, 9.17) is 18.9 Å². The third-order valence-corrected chi connectivity index (χ3v) is 5.74. The van der Waals surface area contributed by atoms with Crippen LogP contribution in [0.4, 0.5) is 33.5 Å². The Hall–Kier alpha value is -4.05. The Labute approximate surface area is 252 Å². The van der Waals surface area contributed by atoms with E-state index >= 15 is 0 Å². The van der Waals surface area contributed by atoms with Gasteiger partial charge in [-0.25, -0.2) is 24.3 Å². The number of ether oxygens (including phenoxy) is 4. The van der Waals surface area contributed by atoms with Crippen molar-refractivity contribution in [1.82, 2.24) is 20.1 Å². The van der Waals surface area contributed by atoms with Gasteiger partial charge in [-0.2, -0.15) is 18.3 Å². The van der Waals surface area contributed by atoms with Crippen LogP contribution in [-0.2, 0) is 35.0 Å². The zero-order valence-electron chi connectivity index (χ0n) is 26.3. The lowest BCUT2D eigenvalue weighted by atomic mass is 9.71. The van der Waals surface area contributed by atoms with Crippen molar-refractivity contribution in [3.05, 3.63) is 11.9 Å². The lowest BCUT2D eigenvalue weighted by Gasteiger charge is -2.42. The fourth-order valence-corrected chi connectivity index (χ4v) is 4.05. The van der Waals surface area contributed by atoms with Gasteiger partial charge < -0.3 is 18.9 Å². The first-order valence-corrected chi connectivity index (χ1v) is 13.4. The molecule has 4 amide bonds. The number of imide groups is 2. The Morgan fingerprint density at radius 2 is 1.41 bits per heavy atom. The number of halogens is 3. The number of hydrogen-bond acceptors (Lipinski definition) is 12. The molecule has 14 nitrogen and oxygen atoms in total. The molecule has 1 saturated heterocycles. The minimum atomic E-state index is -4.92. The third kappa shape index (κ3) is 9.22. The Morgan fingerprint density at radius 3 is 1.80 bits per heavy atom. The predicted octanol–water partition coefficient (Wildman–Crippen LogP) is 4.60. The topological polar surface area (TPSA) is 167 Å². The molecule has 1 aliphatic heterocycles. The SMILES string of the molecule is COC(=O)[C@@]1(Cc2cnc(N(C(=O)OC(C)(C)C)C(=O)OC(C)(C)C)nn2)C[C@@H](C(F)(F)F)CN(C(=O)OC(C)(C)C)C1=O. The molecule has 0 radical (unpaired) electrons. The summed E-state index contributed by atoms with van der Waals surface area (Å²) in [7, 11) is 0.874. The predicted molar refractivity (Wildman–Crippen MR) is 145 cm³/mol. The fourth-order valence-electron chi connectivity index (χ4n) is 4.05. The maximum absolute atomic E-state index is 14.0. The van der Waals surface area contributed by atoms with Gasteiger partial charge in [0.05, 0.1) is 24.9 Å². The van der Waals surface area contributed by atoms with Crippen molar-refractivity contribution >= 4 is 36.1 Å². The number of amides is 4. The van der Waals surface area contributed by atoms with Crippen molar-refractivity contribution in [2.45, 2.75) is 98.1 Å². The molecule has 0 saturated carbocycles. The quantitative estimate of drug-likeness (QED) is 0.257. The fraction of sp³-hybridized carbons (Fsp3) is 0.704. The number of carbonyl (C=O) groups excluding carboxylic acids is 5. The van der Waals surface area contributed by atoms with Crippen molar-refractivity contribution in [2.75, 3.05) is 18.6 Å². The van der Waals surface area contributed by atoms with Gasteiger partial charge in [0.25, 0.3) is 5.95 Å². The highest BCUT2D eigenvalue weighted by Crippen LogP contribution is 2.44. The molecule has 17 heteroatoms. The molecule has 0 unspecified atom stereocenters. The average Bonchev–Trinajstić information content (AvgIpc) is 2.81. The molecule has 2 rings (SSSR count). The van der Waals surface area contributed by atoms with Crippen LogP contribution >= 0.6 is 0 Å². The second kappa shape index (κ2) is 12.5. The molecule has 2 heterocycles. The second-order valence-electron chi connectivity index (χ2n) is 13.1. The van der Waals surface area contributed by atoms with E-state index in [9.17, 15) is 37.1 Å². The number of nitrogens with zero attached hydrogens (tertiary/aromatic N) is 5. The highest BCUT2D eigenvalue weighted by atomic mass is 19.4. The van der Waals surface area contributed by atoms with Crippen molar-refractivity contribution < 1.29 is 56.1 Å². The minimum absolute atomic E-state index is 0.228. The number of alkyl halides is 3. The highest BCUT2D eigenvalue weighted by Gasteiger charge is 2.61. The molecule has 0 spiro atoms. The first-order valence-electron chi connectivity index (χ1n) is 13.4. The van der Waals surface area contributed by atoms with Crippen LogP contribution in [0.15, 0.2) is 6.20 Å². The molecule has 0 aromatic carbocycles. The number of esters is 1. The number of methoxy groups -OCH3 is 1. The van der Waals surface area contributed by atoms with E-state index in [-0.39, 0.29) is 10.6 Å². The van der Waals surface area contributed by atoms with E-state index in [1.165, 1.54) is 20.8 Å². The van der Waals surface area contributed by atoms with Crippen molar-refractivity contribution in [2.24, 2.45) is 11.3 Å². The summed E-state index contributed by atoms with van der Waals surface area (Å²) in [5, 5.41) is 7.55. The maximum atomic E-state index is 14.0. The van der Waals surface area contributed by atoms with E-state index in [1.807, 2.05) is 0 Å². The van der Waals surface area contributed by atoms with Gasteiger partial charge >= 0.3 is 30.4 Å². The molecule has 2 atom stereocenters. The zero-order valence-corrected chi connectivity index (χ0v) is 26.3. The van der Waals surface area contributed by atoms with Crippen LogP contribution < -0.4 is 4.90 Å². The molecule has 1 aromatic heterocycles. The van der Waals surface area contributed by atoms with Gasteiger partial charge in [0.2, 0.25) is 5.91 Å². The number of carbonyl (C=O) groups is 5. The molecule has 0 bridgehead atoms. The summed E-state index contributed by atoms with van der Waals surface area (Å²) in [6.45, 7) is 12.5. The van der Waals surface area contributed by atoms with Crippen molar-refractivity contribution in [3.8, 4) is 0 Å². The van der Waals surface area contributed by atoms with Gasteiger partial charge in [0, 0.05) is 13.0 Å². The number of piperidine rings is 1.